The second-order valence-electron chi connectivity index (χ2n) is 3.84. The molecule has 4 heteroatoms. The molecule has 0 radical (unpaired) electrons. The Morgan fingerprint density at radius 1 is 1.18 bits per heavy atom. The lowest BCUT2D eigenvalue weighted by Gasteiger charge is -2.08. The van der Waals surface area contributed by atoms with Crippen molar-refractivity contribution in [2.24, 2.45) is 5.73 Å². The zero-order valence-electron chi connectivity index (χ0n) is 9.51. The van der Waals surface area contributed by atoms with Gasteiger partial charge in [-0.25, -0.2) is 0 Å². The average molecular weight is 295 g/mol. The molecular formula is C13H15BrN2O. The number of halogens is 1. The quantitative estimate of drug-likeness (QED) is 0.895. The lowest BCUT2D eigenvalue weighted by atomic mass is 10.1. The van der Waals surface area contributed by atoms with Crippen LogP contribution in [0.1, 0.15) is 6.92 Å². The first-order chi connectivity index (χ1) is 7.66. The van der Waals surface area contributed by atoms with E-state index in [1.165, 1.54) is 0 Å². The molecule has 1 amide bonds. The summed E-state index contributed by atoms with van der Waals surface area (Å²) in [6.45, 7) is 1.66. The van der Waals surface area contributed by atoms with Crippen molar-refractivity contribution in [3.63, 3.8) is 0 Å². The summed E-state index contributed by atoms with van der Waals surface area (Å²) in [4.78, 5) is 11.4. The van der Waals surface area contributed by atoms with Gasteiger partial charge >= 0.3 is 0 Å². The summed E-state index contributed by atoms with van der Waals surface area (Å²) < 4.78 is 0. The van der Waals surface area contributed by atoms with Crippen molar-refractivity contribution in [2.75, 3.05) is 5.32 Å². The molecule has 90 valence electrons. The van der Waals surface area contributed by atoms with Gasteiger partial charge in [-0.3, -0.25) is 4.79 Å². The van der Waals surface area contributed by atoms with Gasteiger partial charge < -0.3 is 11.1 Å². The lowest BCUT2D eigenvalue weighted by molar-refractivity contribution is -0.117. The van der Waals surface area contributed by atoms with Gasteiger partial charge in [-0.05, 0) is 29.8 Å². The number of anilines is 1. The fraction of sp³-hybridized carbons (Fsp3) is 0.154. The van der Waals surface area contributed by atoms with E-state index >= 15 is 0 Å². The van der Waals surface area contributed by atoms with Crippen molar-refractivity contribution in [1.29, 1.82) is 0 Å². The maximum absolute atomic E-state index is 11.4. The number of benzene rings is 2. The maximum Gasteiger partial charge on any atom is 0.240 e. The summed E-state index contributed by atoms with van der Waals surface area (Å²) in [7, 11) is 0. The number of amides is 1. The number of nitrogens with two attached hydrogens (primary N) is 1. The second kappa shape index (κ2) is 5.80. The van der Waals surface area contributed by atoms with Crippen LogP contribution in [0.3, 0.4) is 0 Å². The van der Waals surface area contributed by atoms with Crippen LogP contribution < -0.4 is 11.1 Å². The molecular weight excluding hydrogens is 280 g/mol. The molecule has 0 aliphatic carbocycles. The normalized spacial score (nSPS) is 11.6. The summed E-state index contributed by atoms with van der Waals surface area (Å²) in [6.07, 6.45) is 0. The first kappa shape index (κ1) is 13.7. The fourth-order valence-corrected chi connectivity index (χ4v) is 1.52. The van der Waals surface area contributed by atoms with Crippen LogP contribution >= 0.6 is 17.0 Å². The number of fused-ring (bicyclic) bond motifs is 1. The van der Waals surface area contributed by atoms with E-state index in [0.29, 0.717) is 0 Å². The van der Waals surface area contributed by atoms with E-state index in [4.69, 9.17) is 5.73 Å². The van der Waals surface area contributed by atoms with E-state index in [1.54, 1.807) is 6.92 Å². The smallest absolute Gasteiger partial charge is 0.240 e. The van der Waals surface area contributed by atoms with Gasteiger partial charge in [-0.2, -0.15) is 0 Å². The van der Waals surface area contributed by atoms with Gasteiger partial charge in [0, 0.05) is 5.69 Å². The van der Waals surface area contributed by atoms with E-state index in [2.05, 4.69) is 5.32 Å². The van der Waals surface area contributed by atoms with Crippen LogP contribution in [0.25, 0.3) is 10.8 Å². The molecule has 0 saturated carbocycles. The Hall–Kier alpha value is -1.39. The standard InChI is InChI=1S/C13H14N2O.BrH/c1-9(14)13(16)15-12-7-6-10-4-2-3-5-11(10)8-12;/h2-9H,14H2,1H3,(H,15,16);1H/t9-;/m0./s1. The van der Waals surface area contributed by atoms with Crippen LogP contribution in [0.2, 0.25) is 0 Å². The summed E-state index contributed by atoms with van der Waals surface area (Å²) in [5, 5.41) is 5.03. The van der Waals surface area contributed by atoms with Crippen LogP contribution in [0.4, 0.5) is 5.69 Å². The number of hydrogen-bond acceptors (Lipinski definition) is 2. The molecule has 0 aliphatic heterocycles. The van der Waals surface area contributed by atoms with Crippen LogP contribution in [-0.2, 0) is 4.79 Å². The van der Waals surface area contributed by atoms with E-state index in [-0.39, 0.29) is 22.9 Å². The fourth-order valence-electron chi connectivity index (χ4n) is 1.52. The van der Waals surface area contributed by atoms with Crippen molar-refractivity contribution in [2.45, 2.75) is 13.0 Å². The molecule has 0 aliphatic rings. The molecule has 0 fully saturated rings. The first-order valence-electron chi connectivity index (χ1n) is 5.22. The zero-order chi connectivity index (χ0) is 11.5. The highest BCUT2D eigenvalue weighted by Crippen LogP contribution is 2.18. The molecule has 2 aromatic carbocycles. The lowest BCUT2D eigenvalue weighted by Crippen LogP contribution is -2.32. The molecule has 0 bridgehead atoms. The summed E-state index contributed by atoms with van der Waals surface area (Å²) >= 11 is 0. The van der Waals surface area contributed by atoms with E-state index in [9.17, 15) is 4.79 Å². The van der Waals surface area contributed by atoms with Crippen LogP contribution in [0.5, 0.6) is 0 Å². The van der Waals surface area contributed by atoms with Gasteiger partial charge in [0.25, 0.3) is 0 Å². The highest BCUT2D eigenvalue weighted by atomic mass is 79.9. The summed E-state index contributed by atoms with van der Waals surface area (Å²) in [6, 6.07) is 13.3. The van der Waals surface area contributed by atoms with Crippen LogP contribution in [0.15, 0.2) is 42.5 Å². The summed E-state index contributed by atoms with van der Waals surface area (Å²) in [5.74, 6) is -0.171. The molecule has 1 atom stereocenters. The minimum atomic E-state index is -0.494. The van der Waals surface area contributed by atoms with Crippen molar-refractivity contribution in [3.8, 4) is 0 Å². The predicted octanol–water partition coefficient (Wildman–Crippen LogP) is 2.70. The van der Waals surface area contributed by atoms with Crippen molar-refractivity contribution < 1.29 is 4.79 Å². The number of carbonyl (C=O) groups excluding carboxylic acids is 1. The molecule has 0 spiro atoms. The summed E-state index contributed by atoms with van der Waals surface area (Å²) in [5.41, 5.74) is 6.26. The second-order valence-corrected chi connectivity index (χ2v) is 3.84. The maximum atomic E-state index is 11.4. The van der Waals surface area contributed by atoms with Gasteiger partial charge in [0.2, 0.25) is 5.91 Å². The Morgan fingerprint density at radius 2 is 1.82 bits per heavy atom. The Balaban J connectivity index is 0.00000144. The minimum absolute atomic E-state index is 0. The van der Waals surface area contributed by atoms with Gasteiger partial charge in [-0.15, -0.1) is 17.0 Å². The molecule has 0 saturated heterocycles. The Labute approximate surface area is 111 Å². The van der Waals surface area contributed by atoms with Crippen molar-refractivity contribution in [3.05, 3.63) is 42.5 Å². The van der Waals surface area contributed by atoms with E-state index in [1.807, 2.05) is 42.5 Å². The number of hydrogen-bond donors (Lipinski definition) is 2. The third-order valence-electron chi connectivity index (χ3n) is 2.43. The number of nitrogens with one attached hydrogen (secondary N) is 1. The Bertz CT molecular complexity index is 526. The van der Waals surface area contributed by atoms with Gasteiger partial charge in [-0.1, -0.05) is 30.3 Å². The third-order valence-corrected chi connectivity index (χ3v) is 2.43. The van der Waals surface area contributed by atoms with Crippen LogP contribution in [-0.4, -0.2) is 11.9 Å². The first-order valence-corrected chi connectivity index (χ1v) is 5.22. The molecule has 0 unspecified atom stereocenters. The molecule has 3 nitrogen and oxygen atoms in total. The van der Waals surface area contributed by atoms with Gasteiger partial charge in [0.15, 0.2) is 0 Å². The Morgan fingerprint density at radius 3 is 2.47 bits per heavy atom. The molecule has 0 aromatic heterocycles. The van der Waals surface area contributed by atoms with E-state index in [0.717, 1.165) is 16.5 Å². The van der Waals surface area contributed by atoms with E-state index < -0.39 is 6.04 Å². The van der Waals surface area contributed by atoms with Gasteiger partial charge in [0.1, 0.15) is 0 Å². The molecule has 0 heterocycles. The molecule has 2 rings (SSSR count). The van der Waals surface area contributed by atoms with Gasteiger partial charge in [0.05, 0.1) is 6.04 Å². The minimum Gasteiger partial charge on any atom is -0.325 e. The molecule has 17 heavy (non-hydrogen) atoms. The average Bonchev–Trinajstić information content (AvgIpc) is 2.28. The van der Waals surface area contributed by atoms with Crippen molar-refractivity contribution in [1.82, 2.24) is 0 Å². The third kappa shape index (κ3) is 3.28. The predicted molar refractivity (Wildman–Crippen MR) is 76.5 cm³/mol. The Kier molecular flexibility index (Phi) is 4.66. The zero-order valence-corrected chi connectivity index (χ0v) is 11.2. The topological polar surface area (TPSA) is 55.1 Å². The van der Waals surface area contributed by atoms with Crippen molar-refractivity contribution >= 4 is 39.3 Å². The molecule has 2 aromatic rings. The molecule has 3 N–H and O–H groups in total. The monoisotopic (exact) mass is 294 g/mol. The number of carbonyl (C=O) groups is 1. The highest BCUT2D eigenvalue weighted by Gasteiger charge is 2.07. The number of rotatable bonds is 2. The highest BCUT2D eigenvalue weighted by molar-refractivity contribution is 8.93. The van der Waals surface area contributed by atoms with Crippen LogP contribution in [0, 0.1) is 0 Å². The SMILES string of the molecule is Br.C[C@H](N)C(=O)Nc1ccc2ccccc2c1. The largest absolute Gasteiger partial charge is 0.325 e.